The van der Waals surface area contributed by atoms with E-state index in [4.69, 9.17) is 18.6 Å². The van der Waals surface area contributed by atoms with E-state index in [0.717, 1.165) is 66.9 Å². The van der Waals surface area contributed by atoms with Crippen LogP contribution in [-0.4, -0.2) is 107 Å². The Kier molecular flexibility index (Phi) is 17.1. The molecule has 1 fully saturated rings. The zero-order valence-electron chi connectivity index (χ0n) is 43.6. The van der Waals surface area contributed by atoms with Crippen molar-refractivity contribution in [3.8, 4) is 11.5 Å². The van der Waals surface area contributed by atoms with Crippen molar-refractivity contribution < 1.29 is 37.8 Å². The summed E-state index contributed by atoms with van der Waals surface area (Å²) in [4.78, 5) is 61.8. The number of benzene rings is 5. The van der Waals surface area contributed by atoms with E-state index in [0.29, 0.717) is 57.9 Å². The second-order valence-corrected chi connectivity index (χ2v) is 22.6. The average molecular weight is 993 g/mol. The number of anilines is 2. The van der Waals surface area contributed by atoms with Crippen molar-refractivity contribution in [2.24, 2.45) is 0 Å². The number of carbonyl (C=O) groups excluding carboxylic acids is 4. The minimum absolute atomic E-state index is 0.0639. The first-order valence-corrected chi connectivity index (χ1v) is 26.2. The lowest BCUT2D eigenvalue weighted by Gasteiger charge is -2.32. The van der Waals surface area contributed by atoms with Crippen LogP contribution in [0.3, 0.4) is 0 Å². The van der Waals surface area contributed by atoms with Gasteiger partial charge in [-0.25, -0.2) is 9.36 Å². The summed E-state index contributed by atoms with van der Waals surface area (Å²) in [6.07, 6.45) is 2.37. The van der Waals surface area contributed by atoms with Gasteiger partial charge < -0.3 is 38.7 Å². The minimum Gasteiger partial charge on any atom is -0.495 e. The van der Waals surface area contributed by atoms with Crippen molar-refractivity contribution in [2.75, 3.05) is 64.2 Å². The fourth-order valence-electron chi connectivity index (χ4n) is 9.08. The van der Waals surface area contributed by atoms with Crippen LogP contribution in [0.1, 0.15) is 105 Å². The van der Waals surface area contributed by atoms with Gasteiger partial charge in [0.1, 0.15) is 17.1 Å². The monoisotopic (exact) mass is 992 g/mol. The fraction of sp³-hybridized carbons (Fsp3) is 0.379. The van der Waals surface area contributed by atoms with Crippen LogP contribution in [-0.2, 0) is 26.0 Å². The second kappa shape index (κ2) is 23.2. The number of fused-ring (bicyclic) bond motifs is 1. The molecule has 14 heteroatoms. The topological polar surface area (TPSA) is 132 Å². The Morgan fingerprint density at radius 1 is 0.750 bits per heavy atom. The molecule has 1 aromatic heterocycles. The highest BCUT2D eigenvalue weighted by atomic mass is 28.3. The molecule has 72 heavy (non-hydrogen) atoms. The smallest absolute Gasteiger partial charge is 0.419 e. The number of ether oxygens (including phenoxy) is 3. The van der Waals surface area contributed by atoms with Crippen LogP contribution in [0.25, 0.3) is 10.9 Å². The van der Waals surface area contributed by atoms with Crippen LogP contribution in [0.15, 0.2) is 115 Å². The predicted octanol–water partition coefficient (Wildman–Crippen LogP) is 9.60. The molecule has 379 valence electrons. The van der Waals surface area contributed by atoms with Gasteiger partial charge in [-0.3, -0.25) is 14.4 Å². The number of aromatic nitrogens is 1. The van der Waals surface area contributed by atoms with Gasteiger partial charge in [0.15, 0.2) is 0 Å². The molecular formula is C58H70N5O8Si. The number of unbranched alkanes of at least 4 members (excludes halogenated alkanes) is 2. The molecule has 0 spiro atoms. The SMILES string of the molecule is COc1cc(C(=O)N(C)c2ccc(C)cc2OCCCCCC(=O)N2CCN(C)CC2)ccc1NC(=O)c1cccc2c1c(C(C)(C)C)c(CO[Si](c1ccccc1)c1ccccc1)n2C(=O)OC(C)(C)C. The summed E-state index contributed by atoms with van der Waals surface area (Å²) in [6.45, 7) is 17.5. The van der Waals surface area contributed by atoms with E-state index in [1.807, 2.05) is 93.3 Å². The first kappa shape index (κ1) is 53.1. The van der Waals surface area contributed by atoms with Gasteiger partial charge in [-0.05, 0) is 123 Å². The third kappa shape index (κ3) is 12.8. The molecule has 1 aliphatic heterocycles. The Balaban J connectivity index is 1.12. The first-order valence-electron chi connectivity index (χ1n) is 24.8. The van der Waals surface area contributed by atoms with Gasteiger partial charge in [0, 0.05) is 56.2 Å². The van der Waals surface area contributed by atoms with E-state index < -0.39 is 32.1 Å². The van der Waals surface area contributed by atoms with Crippen LogP contribution in [0.4, 0.5) is 16.2 Å². The lowest BCUT2D eigenvalue weighted by molar-refractivity contribution is -0.132. The van der Waals surface area contributed by atoms with Gasteiger partial charge in [-0.1, -0.05) is 93.6 Å². The van der Waals surface area contributed by atoms with Crippen molar-refractivity contribution in [3.63, 3.8) is 0 Å². The Labute approximate surface area is 426 Å². The maximum atomic E-state index is 14.7. The summed E-state index contributed by atoms with van der Waals surface area (Å²) in [6, 6.07) is 36.2. The molecule has 0 bridgehead atoms. The van der Waals surface area contributed by atoms with Crippen molar-refractivity contribution in [2.45, 2.75) is 91.8 Å². The van der Waals surface area contributed by atoms with Gasteiger partial charge in [0.05, 0.1) is 42.9 Å². The van der Waals surface area contributed by atoms with E-state index in [2.05, 4.69) is 62.3 Å². The van der Waals surface area contributed by atoms with E-state index in [1.54, 1.807) is 46.8 Å². The number of nitrogens with zero attached hydrogens (tertiary/aromatic N) is 4. The highest BCUT2D eigenvalue weighted by Gasteiger charge is 2.34. The number of aryl methyl sites for hydroxylation is 1. The summed E-state index contributed by atoms with van der Waals surface area (Å²) in [5.74, 6) is 0.350. The predicted molar refractivity (Wildman–Crippen MR) is 288 cm³/mol. The largest absolute Gasteiger partial charge is 0.495 e. The van der Waals surface area contributed by atoms with E-state index in [-0.39, 0.29) is 24.2 Å². The van der Waals surface area contributed by atoms with E-state index >= 15 is 0 Å². The third-order valence-corrected chi connectivity index (χ3v) is 14.9. The molecular weight excluding hydrogens is 923 g/mol. The Hall–Kier alpha value is -6.74. The minimum atomic E-state index is -1.80. The first-order chi connectivity index (χ1) is 34.3. The second-order valence-electron chi connectivity index (χ2n) is 20.5. The number of rotatable bonds is 17. The number of piperazine rings is 1. The number of nitrogens with one attached hydrogen (secondary N) is 1. The van der Waals surface area contributed by atoms with Gasteiger partial charge >= 0.3 is 6.09 Å². The zero-order chi connectivity index (χ0) is 51.7. The summed E-state index contributed by atoms with van der Waals surface area (Å²) in [5.41, 5.74) is 3.13. The highest BCUT2D eigenvalue weighted by Crippen LogP contribution is 2.40. The summed E-state index contributed by atoms with van der Waals surface area (Å²) < 4.78 is 26.7. The summed E-state index contributed by atoms with van der Waals surface area (Å²) >= 11 is 0. The number of carbonyl (C=O) groups is 4. The lowest BCUT2D eigenvalue weighted by atomic mass is 9.83. The molecule has 1 N–H and O–H groups in total. The molecule has 0 saturated carbocycles. The van der Waals surface area contributed by atoms with Crippen molar-refractivity contribution in [3.05, 3.63) is 143 Å². The quantitative estimate of drug-likeness (QED) is 0.0701. The standard InChI is InChI=1S/C58H70N5O8Si/c1-40-28-31-46(50(37-40)69-36-19-13-18-27-51(64)62-34-32-60(8)33-35-62)61(9)55(66)41-29-30-45(49(38-41)68-10)59-54(65)44-25-20-26-47-52(44)53(57(2,3)4)48(63(47)56(67)71-58(5,6)7)39-70-72(42-21-14-11-15-22-42)43-23-16-12-17-24-43/h11-12,14-17,20-26,28-31,37-38H,13,18-19,27,32-36,39H2,1-10H3,(H,59,65). The zero-order valence-corrected chi connectivity index (χ0v) is 44.6. The van der Waals surface area contributed by atoms with Crippen LogP contribution in [0, 0.1) is 6.92 Å². The molecule has 6 aromatic rings. The number of hydrogen-bond donors (Lipinski definition) is 1. The van der Waals surface area contributed by atoms with Gasteiger partial charge in [0.25, 0.3) is 20.9 Å². The van der Waals surface area contributed by atoms with Crippen molar-refractivity contribution in [1.82, 2.24) is 14.4 Å². The fourth-order valence-corrected chi connectivity index (χ4v) is 11.0. The average Bonchev–Trinajstić information content (AvgIpc) is 3.70. The van der Waals surface area contributed by atoms with Crippen molar-refractivity contribution in [1.29, 1.82) is 0 Å². The molecule has 3 amide bonds. The third-order valence-electron chi connectivity index (χ3n) is 12.7. The molecule has 7 rings (SSSR count). The Morgan fingerprint density at radius 3 is 2.04 bits per heavy atom. The lowest BCUT2D eigenvalue weighted by Crippen LogP contribution is -2.47. The van der Waals surface area contributed by atoms with Gasteiger partial charge in [-0.2, -0.15) is 0 Å². The Morgan fingerprint density at radius 2 is 1.42 bits per heavy atom. The number of methoxy groups -OCH3 is 1. The molecule has 5 aromatic carbocycles. The van der Waals surface area contributed by atoms with Crippen LogP contribution >= 0.6 is 0 Å². The number of hydrogen-bond acceptors (Lipinski definition) is 9. The molecule has 2 heterocycles. The molecule has 1 aliphatic rings. The maximum Gasteiger partial charge on any atom is 0.419 e. The molecule has 0 atom stereocenters. The molecule has 13 nitrogen and oxygen atoms in total. The highest BCUT2D eigenvalue weighted by molar-refractivity contribution is 6.80. The molecule has 0 aliphatic carbocycles. The summed E-state index contributed by atoms with van der Waals surface area (Å²) in [7, 11) is 3.47. The van der Waals surface area contributed by atoms with Crippen LogP contribution in [0.5, 0.6) is 11.5 Å². The van der Waals surface area contributed by atoms with Crippen LogP contribution in [0.2, 0.25) is 0 Å². The van der Waals surface area contributed by atoms with Crippen LogP contribution < -0.4 is 30.1 Å². The maximum absolute atomic E-state index is 14.7. The normalized spacial score (nSPS) is 13.3. The van der Waals surface area contributed by atoms with E-state index in [1.165, 1.54) is 7.11 Å². The van der Waals surface area contributed by atoms with Crippen molar-refractivity contribution >= 4 is 65.5 Å². The molecule has 0 unspecified atom stereocenters. The van der Waals surface area contributed by atoms with Gasteiger partial charge in [-0.15, -0.1) is 0 Å². The number of likely N-dealkylation sites (N-methyl/N-ethyl adjacent to an activating group) is 1. The van der Waals surface area contributed by atoms with Gasteiger partial charge in [0.2, 0.25) is 5.91 Å². The summed E-state index contributed by atoms with van der Waals surface area (Å²) in [5, 5.41) is 5.76. The number of amides is 3. The Bertz CT molecular complexity index is 2820. The molecule has 1 saturated heterocycles. The van der Waals surface area contributed by atoms with E-state index in [9.17, 15) is 19.2 Å². The molecule has 1 radical (unpaired) electrons.